The fourth-order valence-corrected chi connectivity index (χ4v) is 3.36. The third-order valence-electron chi connectivity index (χ3n) is 5.51. The molecule has 0 N–H and O–H groups in total. The molecule has 1 heterocycles. The van der Waals surface area contributed by atoms with E-state index >= 15 is 0 Å². The molecule has 0 aliphatic carbocycles. The van der Waals surface area contributed by atoms with Gasteiger partial charge in [0.15, 0.2) is 11.6 Å². The first kappa shape index (κ1) is 38.5. The molecule has 0 unspecified atom stereocenters. The fraction of sp³-hybridized carbons (Fsp3) is 0.690. The minimum atomic E-state index is -1.30. The summed E-state index contributed by atoms with van der Waals surface area (Å²) < 4.78 is 89.4. The van der Waals surface area contributed by atoms with Crippen molar-refractivity contribution in [1.82, 2.24) is 15.0 Å². The van der Waals surface area contributed by atoms with Gasteiger partial charge in [-0.25, -0.2) is 17.9 Å². The lowest BCUT2D eigenvalue weighted by Crippen LogP contribution is -2.15. The van der Waals surface area contributed by atoms with Gasteiger partial charge in [0, 0.05) is 18.7 Å². The highest BCUT2D eigenvalue weighted by Gasteiger charge is 2.16. The van der Waals surface area contributed by atoms with E-state index in [2.05, 4.69) is 22.0 Å². The van der Waals surface area contributed by atoms with E-state index in [0.717, 1.165) is 18.7 Å². The van der Waals surface area contributed by atoms with Crippen molar-refractivity contribution in [2.24, 2.45) is 0 Å². The van der Waals surface area contributed by atoms with E-state index in [1.807, 2.05) is 0 Å². The van der Waals surface area contributed by atoms with Crippen LogP contribution in [0.1, 0.15) is 25.5 Å². The van der Waals surface area contributed by atoms with Crippen LogP contribution in [0.4, 0.5) is 13.2 Å². The summed E-state index contributed by atoms with van der Waals surface area (Å²) in [5.74, 6) is -5.56. The molecule has 0 fully saturated rings. The molecule has 2 aromatic rings. The Labute approximate surface area is 261 Å². The lowest BCUT2D eigenvalue weighted by Gasteiger charge is -2.08. The molecule has 0 aliphatic rings. The summed E-state index contributed by atoms with van der Waals surface area (Å²) in [6, 6.07) is 0.852. The number of aromatic nitrogens is 3. The molecule has 0 amide bonds. The lowest BCUT2D eigenvalue weighted by atomic mass is 10.3. The summed E-state index contributed by atoms with van der Waals surface area (Å²) in [4.78, 5) is 11.7. The molecule has 16 heteroatoms. The SMILES string of the molecule is CCCOCCOCCOCCOCc1cn(CCOCCOCCOCCOCCC(=O)Oc2c(F)cc(F)cc2F)nn1. The molecular formula is C29H44F3N3O10. The van der Waals surface area contributed by atoms with Crippen molar-refractivity contribution in [1.29, 1.82) is 0 Å². The number of rotatable bonds is 29. The average molecular weight is 652 g/mol. The second-order valence-corrected chi connectivity index (χ2v) is 9.23. The largest absolute Gasteiger partial charge is 0.420 e. The predicted octanol–water partition coefficient (Wildman–Crippen LogP) is 2.73. The van der Waals surface area contributed by atoms with E-state index in [-0.39, 0.29) is 26.2 Å². The Morgan fingerprint density at radius 1 is 0.667 bits per heavy atom. The zero-order valence-electron chi connectivity index (χ0n) is 25.7. The summed E-state index contributed by atoms with van der Waals surface area (Å²) in [5, 5.41) is 8.12. The van der Waals surface area contributed by atoms with Gasteiger partial charge in [0.25, 0.3) is 0 Å². The smallest absolute Gasteiger partial charge is 0.313 e. The quantitative estimate of drug-likeness (QED) is 0.0728. The lowest BCUT2D eigenvalue weighted by molar-refractivity contribution is -0.136. The average Bonchev–Trinajstić information content (AvgIpc) is 3.47. The molecule has 0 atom stereocenters. The summed E-state index contributed by atoms with van der Waals surface area (Å²) in [6.07, 6.45) is 2.56. The first-order valence-corrected chi connectivity index (χ1v) is 14.9. The molecule has 13 nitrogen and oxygen atoms in total. The highest BCUT2D eigenvalue weighted by Crippen LogP contribution is 2.23. The Morgan fingerprint density at radius 2 is 1.13 bits per heavy atom. The van der Waals surface area contributed by atoms with E-state index in [0.29, 0.717) is 98.0 Å². The van der Waals surface area contributed by atoms with Crippen molar-refractivity contribution < 1.29 is 60.6 Å². The Morgan fingerprint density at radius 3 is 1.67 bits per heavy atom. The number of hydrogen-bond donors (Lipinski definition) is 0. The Balaban J connectivity index is 1.31. The van der Waals surface area contributed by atoms with Crippen molar-refractivity contribution in [2.75, 3.05) is 99.1 Å². The molecule has 0 saturated carbocycles. The molecule has 256 valence electrons. The van der Waals surface area contributed by atoms with Crippen LogP contribution in [0.5, 0.6) is 5.75 Å². The van der Waals surface area contributed by atoms with E-state index < -0.39 is 29.2 Å². The summed E-state index contributed by atoms with van der Waals surface area (Å²) >= 11 is 0. The van der Waals surface area contributed by atoms with Crippen LogP contribution in [0.15, 0.2) is 18.3 Å². The Bertz CT molecular complexity index is 1030. The van der Waals surface area contributed by atoms with Crippen LogP contribution >= 0.6 is 0 Å². The van der Waals surface area contributed by atoms with Gasteiger partial charge in [0.2, 0.25) is 5.75 Å². The number of benzene rings is 1. The number of hydrogen-bond acceptors (Lipinski definition) is 12. The van der Waals surface area contributed by atoms with Crippen LogP contribution in [0.25, 0.3) is 0 Å². The third kappa shape index (κ3) is 19.4. The monoisotopic (exact) mass is 651 g/mol. The van der Waals surface area contributed by atoms with Gasteiger partial charge < -0.3 is 42.6 Å². The molecule has 45 heavy (non-hydrogen) atoms. The Hall–Kier alpha value is -2.70. The van der Waals surface area contributed by atoms with Crippen molar-refractivity contribution in [3.05, 3.63) is 41.5 Å². The van der Waals surface area contributed by atoms with Crippen molar-refractivity contribution in [3.63, 3.8) is 0 Å². The molecule has 1 aromatic carbocycles. The van der Waals surface area contributed by atoms with Crippen LogP contribution in [-0.2, 0) is 55.8 Å². The fourth-order valence-electron chi connectivity index (χ4n) is 3.36. The van der Waals surface area contributed by atoms with Crippen LogP contribution in [-0.4, -0.2) is 120 Å². The van der Waals surface area contributed by atoms with E-state index in [9.17, 15) is 18.0 Å². The number of ether oxygens (including phenoxy) is 9. The number of halogens is 3. The van der Waals surface area contributed by atoms with Crippen LogP contribution in [0.3, 0.4) is 0 Å². The van der Waals surface area contributed by atoms with Crippen molar-refractivity contribution in [3.8, 4) is 5.75 Å². The van der Waals surface area contributed by atoms with E-state index in [4.69, 9.17) is 37.9 Å². The maximum atomic E-state index is 13.5. The maximum Gasteiger partial charge on any atom is 0.313 e. The van der Waals surface area contributed by atoms with E-state index in [1.54, 1.807) is 10.9 Å². The van der Waals surface area contributed by atoms with Crippen molar-refractivity contribution in [2.45, 2.75) is 32.9 Å². The zero-order chi connectivity index (χ0) is 32.4. The van der Waals surface area contributed by atoms with Gasteiger partial charge in [-0.1, -0.05) is 12.1 Å². The topological polar surface area (TPSA) is 131 Å². The van der Waals surface area contributed by atoms with Gasteiger partial charge >= 0.3 is 5.97 Å². The van der Waals surface area contributed by atoms with Gasteiger partial charge in [-0.2, -0.15) is 0 Å². The normalized spacial score (nSPS) is 11.4. The first-order valence-electron chi connectivity index (χ1n) is 14.9. The van der Waals surface area contributed by atoms with Gasteiger partial charge in [-0.05, 0) is 6.42 Å². The minimum absolute atomic E-state index is 0.0350. The van der Waals surface area contributed by atoms with Crippen molar-refractivity contribution >= 4 is 5.97 Å². The number of esters is 1. The highest BCUT2D eigenvalue weighted by molar-refractivity contribution is 5.72. The second-order valence-electron chi connectivity index (χ2n) is 9.23. The molecule has 0 aliphatic heterocycles. The number of carbonyl (C=O) groups excluding carboxylic acids is 1. The Kier molecular flexibility index (Phi) is 21.8. The molecule has 0 saturated heterocycles. The van der Waals surface area contributed by atoms with Crippen LogP contribution < -0.4 is 4.74 Å². The first-order chi connectivity index (χ1) is 22.0. The maximum absolute atomic E-state index is 13.5. The standard InChI is InChI=1S/C29H44F3N3O10/c1-2-5-37-8-11-40-16-17-43-18-19-44-23-25-22-35(34-33-25)4-7-39-10-13-42-15-14-41-12-9-38-6-3-28(36)45-29-26(31)20-24(30)21-27(29)32/h20-22H,2-19,23H2,1H3. The molecule has 1 aromatic heterocycles. The van der Waals surface area contributed by atoms with Gasteiger partial charge in [0.1, 0.15) is 11.5 Å². The molecular weight excluding hydrogens is 607 g/mol. The third-order valence-corrected chi connectivity index (χ3v) is 5.51. The van der Waals surface area contributed by atoms with Crippen LogP contribution in [0, 0.1) is 17.5 Å². The second kappa shape index (κ2) is 25.5. The molecule has 0 bridgehead atoms. The predicted molar refractivity (Wildman–Crippen MR) is 152 cm³/mol. The molecule has 0 radical (unpaired) electrons. The molecule has 2 rings (SSSR count). The van der Waals surface area contributed by atoms with Gasteiger partial charge in [-0.15, -0.1) is 5.10 Å². The number of carbonyl (C=O) groups is 1. The molecule has 0 spiro atoms. The summed E-state index contributed by atoms with van der Waals surface area (Å²) in [5.41, 5.74) is 0.719. The highest BCUT2D eigenvalue weighted by atomic mass is 19.1. The van der Waals surface area contributed by atoms with Gasteiger partial charge in [0.05, 0.1) is 118 Å². The summed E-state index contributed by atoms with van der Waals surface area (Å²) in [7, 11) is 0. The summed E-state index contributed by atoms with van der Waals surface area (Å²) in [6.45, 7) is 9.21. The minimum Gasteiger partial charge on any atom is -0.420 e. The van der Waals surface area contributed by atoms with Crippen LogP contribution in [0.2, 0.25) is 0 Å². The van der Waals surface area contributed by atoms with E-state index in [1.165, 1.54) is 0 Å². The van der Waals surface area contributed by atoms with Gasteiger partial charge in [-0.3, -0.25) is 4.79 Å². The zero-order valence-corrected chi connectivity index (χ0v) is 25.7. The number of nitrogens with zero attached hydrogens (tertiary/aromatic N) is 3.